The van der Waals surface area contributed by atoms with Crippen LogP contribution in [0.25, 0.3) is 11.0 Å². The summed E-state index contributed by atoms with van der Waals surface area (Å²) in [7, 11) is 0. The van der Waals surface area contributed by atoms with Crippen molar-refractivity contribution in [2.75, 3.05) is 6.61 Å². The van der Waals surface area contributed by atoms with Gasteiger partial charge in [0.15, 0.2) is 0 Å². The zero-order chi connectivity index (χ0) is 12.4. The Kier molecular flexibility index (Phi) is 2.78. The predicted octanol–water partition coefficient (Wildman–Crippen LogP) is 1.02. The molecule has 88 valence electrons. The van der Waals surface area contributed by atoms with Crippen LogP contribution in [-0.2, 0) is 0 Å². The van der Waals surface area contributed by atoms with E-state index in [4.69, 9.17) is 9.84 Å². The molecule has 0 radical (unpaired) electrons. The van der Waals surface area contributed by atoms with Crippen LogP contribution in [0.3, 0.4) is 0 Å². The Hall–Kier alpha value is -2.37. The molecule has 0 aliphatic heterocycles. The van der Waals surface area contributed by atoms with Crippen molar-refractivity contribution in [3.8, 4) is 5.88 Å². The van der Waals surface area contributed by atoms with Crippen molar-refractivity contribution in [1.82, 2.24) is 9.97 Å². The molecule has 2 rings (SSSR count). The van der Waals surface area contributed by atoms with Crippen LogP contribution in [0.5, 0.6) is 5.88 Å². The van der Waals surface area contributed by atoms with Gasteiger partial charge in [-0.05, 0) is 13.0 Å². The van der Waals surface area contributed by atoms with Gasteiger partial charge in [-0.3, -0.25) is 4.79 Å². The van der Waals surface area contributed by atoms with Crippen molar-refractivity contribution in [3.63, 3.8) is 0 Å². The van der Waals surface area contributed by atoms with E-state index in [1.54, 1.807) is 19.1 Å². The summed E-state index contributed by atoms with van der Waals surface area (Å²) in [5.74, 6) is -0.982. The van der Waals surface area contributed by atoms with E-state index >= 15 is 0 Å². The van der Waals surface area contributed by atoms with Crippen LogP contribution in [0, 0.1) is 0 Å². The summed E-state index contributed by atoms with van der Waals surface area (Å²) in [5, 5.41) is 8.82. The van der Waals surface area contributed by atoms with Crippen LogP contribution in [0.1, 0.15) is 17.3 Å². The third-order valence-electron chi connectivity index (χ3n) is 2.22. The minimum atomic E-state index is -1.28. The van der Waals surface area contributed by atoms with Gasteiger partial charge in [0, 0.05) is 12.3 Å². The average Bonchev–Trinajstić information content (AvgIpc) is 2.30. The summed E-state index contributed by atoms with van der Waals surface area (Å²) in [6.07, 6.45) is 1.16. The lowest BCUT2D eigenvalue weighted by Gasteiger charge is -2.03. The molecule has 17 heavy (non-hydrogen) atoms. The molecule has 0 unspecified atom stereocenters. The number of rotatable bonds is 3. The maximum absolute atomic E-state index is 11.8. The minimum Gasteiger partial charge on any atom is -0.478 e. The van der Waals surface area contributed by atoms with E-state index in [2.05, 4.69) is 9.97 Å². The molecule has 6 nitrogen and oxygen atoms in total. The van der Waals surface area contributed by atoms with E-state index in [1.165, 1.54) is 0 Å². The predicted molar refractivity (Wildman–Crippen MR) is 60.5 cm³/mol. The highest BCUT2D eigenvalue weighted by Gasteiger charge is 2.12. The fraction of sp³-hybridized carbons (Fsp3) is 0.182. The first-order chi connectivity index (χ1) is 8.13. The number of hydrogen-bond donors (Lipinski definition) is 2. The summed E-state index contributed by atoms with van der Waals surface area (Å²) >= 11 is 0. The summed E-state index contributed by atoms with van der Waals surface area (Å²) < 4.78 is 5.16. The minimum absolute atomic E-state index is 0.0656. The molecule has 2 N–H and O–H groups in total. The molecule has 0 aliphatic carbocycles. The number of carbonyl (C=O) groups is 1. The number of fused-ring (bicyclic) bond motifs is 1. The average molecular weight is 234 g/mol. The number of hydrogen-bond acceptors (Lipinski definition) is 4. The number of H-pyrrole nitrogens is 1. The molecule has 6 heteroatoms. The Bertz CT molecular complexity index is 633. The number of pyridine rings is 2. The zero-order valence-electron chi connectivity index (χ0n) is 9.06. The maximum Gasteiger partial charge on any atom is 0.341 e. The number of aromatic amines is 1. The van der Waals surface area contributed by atoms with Crippen molar-refractivity contribution in [3.05, 3.63) is 34.1 Å². The maximum atomic E-state index is 11.8. The number of carboxylic acids is 1. The van der Waals surface area contributed by atoms with E-state index in [0.29, 0.717) is 18.0 Å². The molecule has 0 aliphatic rings. The molecule has 0 spiro atoms. The molecule has 0 fully saturated rings. The van der Waals surface area contributed by atoms with Gasteiger partial charge in [-0.15, -0.1) is 0 Å². The lowest BCUT2D eigenvalue weighted by molar-refractivity contribution is 0.0695. The van der Waals surface area contributed by atoms with Crippen LogP contribution >= 0.6 is 0 Å². The number of ether oxygens (including phenoxy) is 1. The summed E-state index contributed by atoms with van der Waals surface area (Å²) in [6, 6.07) is 3.24. The van der Waals surface area contributed by atoms with Crippen LogP contribution in [0.15, 0.2) is 23.1 Å². The number of aromatic carboxylic acids is 1. The largest absolute Gasteiger partial charge is 0.478 e. The van der Waals surface area contributed by atoms with Gasteiger partial charge in [-0.2, -0.15) is 0 Å². The quantitative estimate of drug-likeness (QED) is 0.827. The van der Waals surface area contributed by atoms with Crippen molar-refractivity contribution < 1.29 is 14.6 Å². The monoisotopic (exact) mass is 234 g/mol. The zero-order valence-corrected chi connectivity index (χ0v) is 9.06. The summed E-state index contributed by atoms with van der Waals surface area (Å²) in [6.45, 7) is 2.22. The van der Waals surface area contributed by atoms with Crippen LogP contribution in [-0.4, -0.2) is 27.7 Å². The second-order valence-electron chi connectivity index (χ2n) is 3.32. The molecule has 0 atom stereocenters. The first kappa shape index (κ1) is 11.1. The van der Waals surface area contributed by atoms with Crippen molar-refractivity contribution in [1.29, 1.82) is 0 Å². The van der Waals surface area contributed by atoms with E-state index in [-0.39, 0.29) is 11.1 Å². The van der Waals surface area contributed by atoms with Crippen molar-refractivity contribution in [2.24, 2.45) is 0 Å². The number of carboxylic acid groups (broad SMARTS) is 1. The normalized spacial score (nSPS) is 10.4. The molecule has 2 aromatic heterocycles. The van der Waals surface area contributed by atoms with E-state index in [0.717, 1.165) is 6.20 Å². The SMILES string of the molecule is CCOc1ccc2[nH]cc(C(=O)O)c(=O)c2n1. The molecular formula is C11H10N2O4. The number of aromatic nitrogens is 2. The third kappa shape index (κ3) is 1.96. The summed E-state index contributed by atoms with van der Waals surface area (Å²) in [5.41, 5.74) is -0.411. The molecule has 0 bridgehead atoms. The Morgan fingerprint density at radius 3 is 2.94 bits per heavy atom. The van der Waals surface area contributed by atoms with Gasteiger partial charge in [-0.25, -0.2) is 9.78 Å². The molecule has 0 amide bonds. The smallest absolute Gasteiger partial charge is 0.341 e. The van der Waals surface area contributed by atoms with Gasteiger partial charge in [0.2, 0.25) is 11.3 Å². The van der Waals surface area contributed by atoms with Gasteiger partial charge in [0.25, 0.3) is 0 Å². The molecule has 0 aromatic carbocycles. The van der Waals surface area contributed by atoms with Gasteiger partial charge in [0.05, 0.1) is 12.1 Å². The topological polar surface area (TPSA) is 92.3 Å². The van der Waals surface area contributed by atoms with Crippen LogP contribution in [0.2, 0.25) is 0 Å². The fourth-order valence-corrected chi connectivity index (χ4v) is 1.46. The molecular weight excluding hydrogens is 224 g/mol. The number of nitrogens with zero attached hydrogens (tertiary/aromatic N) is 1. The van der Waals surface area contributed by atoms with Crippen molar-refractivity contribution >= 4 is 17.0 Å². The van der Waals surface area contributed by atoms with E-state index in [9.17, 15) is 9.59 Å². The first-order valence-corrected chi connectivity index (χ1v) is 5.02. The third-order valence-corrected chi connectivity index (χ3v) is 2.22. The Labute approximate surface area is 95.9 Å². The van der Waals surface area contributed by atoms with Crippen LogP contribution in [0.4, 0.5) is 0 Å². The Morgan fingerprint density at radius 2 is 2.29 bits per heavy atom. The van der Waals surface area contributed by atoms with Crippen LogP contribution < -0.4 is 10.2 Å². The highest BCUT2D eigenvalue weighted by molar-refractivity contribution is 5.91. The van der Waals surface area contributed by atoms with E-state index in [1.807, 2.05) is 0 Å². The lowest BCUT2D eigenvalue weighted by Crippen LogP contribution is -2.16. The molecule has 2 aromatic rings. The summed E-state index contributed by atoms with van der Waals surface area (Å²) in [4.78, 5) is 29.3. The fourth-order valence-electron chi connectivity index (χ4n) is 1.46. The second-order valence-corrected chi connectivity index (χ2v) is 3.32. The highest BCUT2D eigenvalue weighted by Crippen LogP contribution is 2.12. The van der Waals surface area contributed by atoms with Gasteiger partial charge in [-0.1, -0.05) is 0 Å². The Morgan fingerprint density at radius 1 is 1.53 bits per heavy atom. The highest BCUT2D eigenvalue weighted by atomic mass is 16.5. The standard InChI is InChI=1S/C11H10N2O4/c1-2-17-8-4-3-7-9(13-8)10(14)6(5-12-7)11(15)16/h3-5H,2H2,1H3,(H,12,14)(H,15,16). The van der Waals surface area contributed by atoms with Crippen molar-refractivity contribution in [2.45, 2.75) is 6.92 Å². The molecule has 0 saturated heterocycles. The van der Waals surface area contributed by atoms with Gasteiger partial charge in [0.1, 0.15) is 11.1 Å². The second kappa shape index (κ2) is 4.25. The number of nitrogens with one attached hydrogen (secondary N) is 1. The van der Waals surface area contributed by atoms with Gasteiger partial charge >= 0.3 is 5.97 Å². The van der Waals surface area contributed by atoms with E-state index < -0.39 is 11.4 Å². The molecule has 0 saturated carbocycles. The van der Waals surface area contributed by atoms with Gasteiger partial charge < -0.3 is 14.8 Å². The Balaban J connectivity index is 2.69. The lowest BCUT2D eigenvalue weighted by atomic mass is 10.2. The molecule has 2 heterocycles. The first-order valence-electron chi connectivity index (χ1n) is 5.02.